The predicted octanol–water partition coefficient (Wildman–Crippen LogP) is 2.37. The summed E-state index contributed by atoms with van der Waals surface area (Å²) in [5.74, 6) is 1.07. The van der Waals surface area contributed by atoms with Crippen LogP contribution in [0.15, 0.2) is 24.3 Å². The lowest BCUT2D eigenvalue weighted by Gasteiger charge is -2.10. The highest BCUT2D eigenvalue weighted by atomic mass is 16.3. The van der Waals surface area contributed by atoms with Crippen molar-refractivity contribution in [2.45, 2.75) is 39.3 Å². The quantitative estimate of drug-likeness (QED) is 0.855. The summed E-state index contributed by atoms with van der Waals surface area (Å²) in [6, 6.07) is 8.09. The van der Waals surface area contributed by atoms with E-state index in [9.17, 15) is 5.11 Å². The number of rotatable bonds is 4. The first-order chi connectivity index (χ1) is 7.72. The summed E-state index contributed by atoms with van der Waals surface area (Å²) in [7, 11) is 0. The highest BCUT2D eigenvalue weighted by molar-refractivity contribution is 5.75. The predicted molar refractivity (Wildman–Crippen MR) is 65.4 cm³/mol. The van der Waals surface area contributed by atoms with Crippen molar-refractivity contribution in [3.63, 3.8) is 0 Å². The van der Waals surface area contributed by atoms with Gasteiger partial charge in [-0.05, 0) is 25.5 Å². The Balaban J connectivity index is 2.50. The zero-order valence-corrected chi connectivity index (χ0v) is 9.85. The number of hydrogen-bond donors (Lipinski definition) is 1. The Bertz CT molecular complexity index is 474. The minimum absolute atomic E-state index is 0.340. The fourth-order valence-electron chi connectivity index (χ4n) is 2.01. The third kappa shape index (κ3) is 2.09. The molecule has 0 bridgehead atoms. The maximum atomic E-state index is 9.53. The summed E-state index contributed by atoms with van der Waals surface area (Å²) in [5.41, 5.74) is 2.14. The van der Waals surface area contributed by atoms with Crippen molar-refractivity contribution in [2.24, 2.45) is 0 Å². The van der Waals surface area contributed by atoms with Gasteiger partial charge in [-0.25, -0.2) is 4.98 Å². The molecule has 0 fully saturated rings. The number of imidazole rings is 1. The molecule has 0 radical (unpaired) electrons. The number of hydrogen-bond acceptors (Lipinski definition) is 2. The second-order valence-corrected chi connectivity index (χ2v) is 4.23. The van der Waals surface area contributed by atoms with Gasteiger partial charge in [0.1, 0.15) is 5.82 Å². The van der Waals surface area contributed by atoms with Gasteiger partial charge in [-0.1, -0.05) is 19.1 Å². The number of para-hydroxylation sites is 2. The monoisotopic (exact) mass is 218 g/mol. The Morgan fingerprint density at radius 3 is 2.81 bits per heavy atom. The van der Waals surface area contributed by atoms with E-state index in [1.807, 2.05) is 25.1 Å². The Morgan fingerprint density at radius 2 is 2.12 bits per heavy atom. The van der Waals surface area contributed by atoms with Gasteiger partial charge in [0, 0.05) is 6.42 Å². The Hall–Kier alpha value is -1.35. The number of fused-ring (bicyclic) bond motifs is 1. The van der Waals surface area contributed by atoms with E-state index in [4.69, 9.17) is 0 Å². The molecule has 0 aliphatic carbocycles. The highest BCUT2D eigenvalue weighted by Crippen LogP contribution is 2.17. The number of aromatic nitrogens is 2. The van der Waals surface area contributed by atoms with Gasteiger partial charge in [0.05, 0.1) is 23.7 Å². The van der Waals surface area contributed by atoms with Crippen molar-refractivity contribution in [3.05, 3.63) is 30.1 Å². The molecule has 0 amide bonds. The van der Waals surface area contributed by atoms with Crippen LogP contribution in [-0.4, -0.2) is 20.8 Å². The molecule has 1 aromatic carbocycles. The lowest BCUT2D eigenvalue weighted by molar-refractivity contribution is 0.173. The van der Waals surface area contributed by atoms with Crippen molar-refractivity contribution < 1.29 is 5.11 Å². The topological polar surface area (TPSA) is 38.0 Å². The molecule has 2 aromatic rings. The van der Waals surface area contributed by atoms with Crippen molar-refractivity contribution in [2.75, 3.05) is 0 Å². The first kappa shape index (κ1) is 11.1. The first-order valence-electron chi connectivity index (χ1n) is 5.84. The van der Waals surface area contributed by atoms with Crippen molar-refractivity contribution in [3.8, 4) is 0 Å². The van der Waals surface area contributed by atoms with E-state index in [0.717, 1.165) is 29.7 Å². The van der Waals surface area contributed by atoms with Crippen LogP contribution >= 0.6 is 0 Å². The van der Waals surface area contributed by atoms with E-state index >= 15 is 0 Å². The number of aliphatic hydroxyl groups is 1. The van der Waals surface area contributed by atoms with E-state index in [2.05, 4.69) is 22.5 Å². The van der Waals surface area contributed by atoms with Gasteiger partial charge < -0.3 is 9.67 Å². The van der Waals surface area contributed by atoms with Gasteiger partial charge in [0.2, 0.25) is 0 Å². The standard InChI is InChI=1S/C13H18N2O/c1-3-6-13-14-11-7-4-5-8-12(11)15(13)9-10(2)16/h4-5,7-8,10,16H,3,6,9H2,1-2H3. The minimum atomic E-state index is -0.340. The van der Waals surface area contributed by atoms with Crippen LogP contribution in [0.1, 0.15) is 26.1 Å². The smallest absolute Gasteiger partial charge is 0.109 e. The van der Waals surface area contributed by atoms with Crippen LogP contribution < -0.4 is 0 Å². The van der Waals surface area contributed by atoms with E-state index < -0.39 is 0 Å². The Kier molecular flexibility index (Phi) is 3.25. The van der Waals surface area contributed by atoms with Crippen LogP contribution in [0.25, 0.3) is 11.0 Å². The molecule has 3 nitrogen and oxygen atoms in total. The summed E-state index contributed by atoms with van der Waals surface area (Å²) in [6.07, 6.45) is 1.69. The number of benzene rings is 1. The largest absolute Gasteiger partial charge is 0.392 e. The molecule has 0 aliphatic heterocycles. The molecule has 1 aromatic heterocycles. The van der Waals surface area contributed by atoms with Crippen molar-refractivity contribution >= 4 is 11.0 Å². The number of aliphatic hydroxyl groups excluding tert-OH is 1. The molecule has 1 N–H and O–H groups in total. The van der Waals surface area contributed by atoms with Gasteiger partial charge in [-0.15, -0.1) is 0 Å². The van der Waals surface area contributed by atoms with Gasteiger partial charge in [-0.3, -0.25) is 0 Å². The molecule has 0 saturated heterocycles. The molecule has 0 aliphatic rings. The summed E-state index contributed by atoms with van der Waals surface area (Å²) in [4.78, 5) is 4.61. The van der Waals surface area contributed by atoms with Crippen LogP contribution in [0.3, 0.4) is 0 Å². The molecular weight excluding hydrogens is 200 g/mol. The van der Waals surface area contributed by atoms with Crippen molar-refractivity contribution in [1.82, 2.24) is 9.55 Å². The van der Waals surface area contributed by atoms with Crippen molar-refractivity contribution in [1.29, 1.82) is 0 Å². The maximum Gasteiger partial charge on any atom is 0.109 e. The van der Waals surface area contributed by atoms with Crippen LogP contribution in [0.4, 0.5) is 0 Å². The van der Waals surface area contributed by atoms with Crippen LogP contribution in [-0.2, 0) is 13.0 Å². The Labute approximate surface area is 95.7 Å². The molecule has 1 heterocycles. The zero-order chi connectivity index (χ0) is 11.5. The zero-order valence-electron chi connectivity index (χ0n) is 9.85. The lowest BCUT2D eigenvalue weighted by Crippen LogP contribution is -2.14. The van der Waals surface area contributed by atoms with E-state index in [1.54, 1.807) is 0 Å². The van der Waals surface area contributed by atoms with Crippen LogP contribution in [0.2, 0.25) is 0 Å². The van der Waals surface area contributed by atoms with Gasteiger partial charge >= 0.3 is 0 Å². The Morgan fingerprint density at radius 1 is 1.38 bits per heavy atom. The van der Waals surface area contributed by atoms with Gasteiger partial charge in [-0.2, -0.15) is 0 Å². The molecule has 1 unspecified atom stereocenters. The molecule has 2 rings (SSSR count). The highest BCUT2D eigenvalue weighted by Gasteiger charge is 2.10. The molecule has 0 spiro atoms. The maximum absolute atomic E-state index is 9.53. The lowest BCUT2D eigenvalue weighted by atomic mass is 10.3. The summed E-state index contributed by atoms with van der Waals surface area (Å²) < 4.78 is 2.13. The molecule has 1 atom stereocenters. The summed E-state index contributed by atoms with van der Waals surface area (Å²) in [6.45, 7) is 4.58. The number of aryl methyl sites for hydroxylation is 1. The van der Waals surface area contributed by atoms with E-state index in [-0.39, 0.29) is 6.10 Å². The second-order valence-electron chi connectivity index (χ2n) is 4.23. The molecule has 3 heteroatoms. The third-order valence-corrected chi connectivity index (χ3v) is 2.65. The average Bonchev–Trinajstić information content (AvgIpc) is 2.57. The molecule has 16 heavy (non-hydrogen) atoms. The van der Waals surface area contributed by atoms with Gasteiger partial charge in [0.15, 0.2) is 0 Å². The molecule has 0 saturated carbocycles. The summed E-state index contributed by atoms with van der Waals surface area (Å²) >= 11 is 0. The second kappa shape index (κ2) is 4.66. The SMILES string of the molecule is CCCc1nc2ccccc2n1CC(C)O. The van der Waals surface area contributed by atoms with Crippen LogP contribution in [0, 0.1) is 0 Å². The molecule has 86 valence electrons. The average molecular weight is 218 g/mol. The van der Waals surface area contributed by atoms with Crippen LogP contribution in [0.5, 0.6) is 0 Å². The molecular formula is C13H18N2O. The van der Waals surface area contributed by atoms with E-state index in [1.165, 1.54) is 0 Å². The fourth-order valence-corrected chi connectivity index (χ4v) is 2.01. The minimum Gasteiger partial charge on any atom is -0.392 e. The number of nitrogens with zero attached hydrogens (tertiary/aromatic N) is 2. The summed E-state index contributed by atoms with van der Waals surface area (Å²) in [5, 5.41) is 9.53. The van der Waals surface area contributed by atoms with E-state index in [0.29, 0.717) is 6.54 Å². The van der Waals surface area contributed by atoms with Gasteiger partial charge in [0.25, 0.3) is 0 Å². The first-order valence-corrected chi connectivity index (χ1v) is 5.84. The third-order valence-electron chi connectivity index (χ3n) is 2.65. The fraction of sp³-hybridized carbons (Fsp3) is 0.462. The normalized spacial score (nSPS) is 13.2.